The molecular formula is C19H26N2O4. The van der Waals surface area contributed by atoms with Crippen LogP contribution in [0, 0.1) is 0 Å². The van der Waals surface area contributed by atoms with Gasteiger partial charge in [0.25, 0.3) is 5.91 Å². The standard InChI is InChI=1S/C19H26N2O4/c1-11(2)15-9-13(10-16(12(3)4)17(15)22)8-14-6-7-21(18(14)23)19(24)20(5)25/h8-12,22,25H,6-7H2,1-5H3/b14-8-. The summed E-state index contributed by atoms with van der Waals surface area (Å²) in [5.41, 5.74) is 3.03. The predicted octanol–water partition coefficient (Wildman–Crippen LogP) is 3.70. The molecule has 3 amide bonds. The summed E-state index contributed by atoms with van der Waals surface area (Å²) in [6.07, 6.45) is 2.21. The Bertz CT molecular complexity index is 691. The smallest absolute Gasteiger partial charge is 0.350 e. The highest BCUT2D eigenvalue weighted by atomic mass is 16.5. The lowest BCUT2D eigenvalue weighted by Gasteiger charge is -2.17. The average molecular weight is 346 g/mol. The predicted molar refractivity (Wildman–Crippen MR) is 95.5 cm³/mol. The Balaban J connectivity index is 2.41. The molecule has 1 aliphatic heterocycles. The quantitative estimate of drug-likeness (QED) is 0.497. The monoisotopic (exact) mass is 346 g/mol. The van der Waals surface area contributed by atoms with Gasteiger partial charge in [-0.15, -0.1) is 0 Å². The SMILES string of the molecule is CC(C)c1cc(/C=C2/CCN(C(=O)N(C)O)C2=O)cc(C(C)C)c1O. The van der Waals surface area contributed by atoms with Gasteiger partial charge < -0.3 is 5.11 Å². The van der Waals surface area contributed by atoms with Gasteiger partial charge in [0, 0.05) is 19.2 Å². The molecule has 0 spiro atoms. The summed E-state index contributed by atoms with van der Waals surface area (Å²) in [4.78, 5) is 25.2. The first kappa shape index (κ1) is 19.0. The van der Waals surface area contributed by atoms with Gasteiger partial charge >= 0.3 is 6.03 Å². The number of carbonyl (C=O) groups excluding carboxylic acids is 2. The Labute approximate surface area is 148 Å². The highest BCUT2D eigenvalue weighted by Crippen LogP contribution is 2.35. The zero-order chi connectivity index (χ0) is 18.9. The highest BCUT2D eigenvalue weighted by molar-refractivity contribution is 6.08. The number of amides is 3. The molecular weight excluding hydrogens is 320 g/mol. The summed E-state index contributed by atoms with van der Waals surface area (Å²) in [7, 11) is 1.20. The van der Waals surface area contributed by atoms with Crippen LogP contribution in [0.25, 0.3) is 6.08 Å². The molecule has 1 fully saturated rings. The first-order valence-corrected chi connectivity index (χ1v) is 8.49. The number of hydroxylamine groups is 2. The number of benzene rings is 1. The normalized spacial score (nSPS) is 16.4. The van der Waals surface area contributed by atoms with Crippen LogP contribution in [-0.2, 0) is 4.79 Å². The second kappa shape index (κ2) is 7.27. The van der Waals surface area contributed by atoms with E-state index in [0.717, 1.165) is 21.6 Å². The minimum absolute atomic E-state index is 0.149. The van der Waals surface area contributed by atoms with E-state index in [1.165, 1.54) is 7.05 Å². The van der Waals surface area contributed by atoms with E-state index in [1.54, 1.807) is 6.08 Å². The van der Waals surface area contributed by atoms with Crippen LogP contribution < -0.4 is 0 Å². The first-order valence-electron chi connectivity index (χ1n) is 8.49. The molecule has 136 valence electrons. The summed E-state index contributed by atoms with van der Waals surface area (Å²) in [6.45, 7) is 8.28. The number of hydrogen-bond acceptors (Lipinski definition) is 4. The maximum absolute atomic E-state index is 12.4. The van der Waals surface area contributed by atoms with Crippen LogP contribution in [0.3, 0.4) is 0 Å². The minimum atomic E-state index is -0.732. The molecule has 1 aromatic carbocycles. The maximum Gasteiger partial charge on any atom is 0.350 e. The van der Waals surface area contributed by atoms with Crippen LogP contribution >= 0.6 is 0 Å². The van der Waals surface area contributed by atoms with Crippen molar-refractivity contribution in [3.05, 3.63) is 34.4 Å². The molecule has 6 heteroatoms. The van der Waals surface area contributed by atoms with E-state index in [1.807, 2.05) is 39.8 Å². The fourth-order valence-corrected chi connectivity index (χ4v) is 2.97. The number of urea groups is 1. The third-order valence-electron chi connectivity index (χ3n) is 4.41. The first-order chi connectivity index (χ1) is 11.6. The molecule has 0 saturated carbocycles. The van der Waals surface area contributed by atoms with Crippen LogP contribution in [0.1, 0.15) is 62.6 Å². The van der Waals surface area contributed by atoms with E-state index < -0.39 is 11.9 Å². The maximum atomic E-state index is 12.4. The van der Waals surface area contributed by atoms with Gasteiger partial charge in [-0.2, -0.15) is 0 Å². The Hall–Kier alpha value is -2.34. The largest absolute Gasteiger partial charge is 0.507 e. The minimum Gasteiger partial charge on any atom is -0.507 e. The van der Waals surface area contributed by atoms with Crippen molar-refractivity contribution in [1.82, 2.24) is 9.96 Å². The number of nitrogens with zero attached hydrogens (tertiary/aromatic N) is 2. The van der Waals surface area contributed by atoms with Crippen LogP contribution in [0.15, 0.2) is 17.7 Å². The summed E-state index contributed by atoms with van der Waals surface area (Å²) in [6, 6.07) is 3.04. The summed E-state index contributed by atoms with van der Waals surface area (Å²) in [5, 5.41) is 20.1. The molecule has 6 nitrogen and oxygen atoms in total. The molecule has 0 aliphatic carbocycles. The van der Waals surface area contributed by atoms with E-state index >= 15 is 0 Å². The van der Waals surface area contributed by atoms with Crippen LogP contribution in [0.5, 0.6) is 5.75 Å². The fourth-order valence-electron chi connectivity index (χ4n) is 2.97. The lowest BCUT2D eigenvalue weighted by Crippen LogP contribution is -2.40. The van der Waals surface area contributed by atoms with E-state index in [2.05, 4.69) is 0 Å². The van der Waals surface area contributed by atoms with Crippen molar-refractivity contribution in [2.45, 2.75) is 46.0 Å². The number of hydrogen-bond donors (Lipinski definition) is 2. The van der Waals surface area contributed by atoms with Crippen LogP contribution in [0.2, 0.25) is 0 Å². The fraction of sp³-hybridized carbons (Fsp3) is 0.474. The number of phenols is 1. The van der Waals surface area contributed by atoms with E-state index in [0.29, 0.717) is 22.8 Å². The number of likely N-dealkylation sites (tertiary alicyclic amines) is 1. The van der Waals surface area contributed by atoms with Gasteiger partial charge in [-0.1, -0.05) is 27.7 Å². The molecule has 1 saturated heterocycles. The van der Waals surface area contributed by atoms with Crippen molar-refractivity contribution in [3.63, 3.8) is 0 Å². The van der Waals surface area contributed by atoms with Crippen molar-refractivity contribution in [2.75, 3.05) is 13.6 Å². The van der Waals surface area contributed by atoms with E-state index in [9.17, 15) is 19.9 Å². The number of carbonyl (C=O) groups is 2. The molecule has 0 aromatic heterocycles. The number of aromatic hydroxyl groups is 1. The van der Waals surface area contributed by atoms with Crippen LogP contribution in [-0.4, -0.2) is 45.8 Å². The Morgan fingerprint density at radius 2 is 1.72 bits per heavy atom. The number of imide groups is 1. The van der Waals surface area contributed by atoms with Gasteiger partial charge in [0.1, 0.15) is 5.75 Å². The van der Waals surface area contributed by atoms with Crippen LogP contribution in [0.4, 0.5) is 4.79 Å². The van der Waals surface area contributed by atoms with Crippen molar-refractivity contribution in [1.29, 1.82) is 0 Å². The van der Waals surface area contributed by atoms with Gasteiger partial charge in [0.2, 0.25) is 0 Å². The molecule has 0 radical (unpaired) electrons. The zero-order valence-corrected chi connectivity index (χ0v) is 15.4. The Morgan fingerprint density at radius 1 is 1.20 bits per heavy atom. The zero-order valence-electron chi connectivity index (χ0n) is 15.4. The average Bonchev–Trinajstić information content (AvgIpc) is 2.88. The van der Waals surface area contributed by atoms with Crippen molar-refractivity contribution < 1.29 is 19.9 Å². The Kier molecular flexibility index (Phi) is 5.52. The second-order valence-electron chi connectivity index (χ2n) is 7.04. The summed E-state index contributed by atoms with van der Waals surface area (Å²) < 4.78 is 0. The molecule has 0 bridgehead atoms. The molecule has 1 heterocycles. The van der Waals surface area contributed by atoms with Crippen molar-refractivity contribution in [3.8, 4) is 5.75 Å². The Morgan fingerprint density at radius 3 is 2.16 bits per heavy atom. The van der Waals surface area contributed by atoms with Gasteiger partial charge in [-0.05, 0) is 53.2 Å². The highest BCUT2D eigenvalue weighted by Gasteiger charge is 2.32. The van der Waals surface area contributed by atoms with Gasteiger partial charge in [-0.25, -0.2) is 9.86 Å². The second-order valence-corrected chi connectivity index (χ2v) is 7.04. The summed E-state index contributed by atoms with van der Waals surface area (Å²) >= 11 is 0. The van der Waals surface area contributed by atoms with E-state index in [-0.39, 0.29) is 18.4 Å². The number of phenolic OH excluding ortho intramolecular Hbond substituents is 1. The molecule has 25 heavy (non-hydrogen) atoms. The molecule has 2 N–H and O–H groups in total. The van der Waals surface area contributed by atoms with Crippen molar-refractivity contribution >= 4 is 18.0 Å². The molecule has 1 aliphatic rings. The molecule has 0 unspecified atom stereocenters. The number of rotatable bonds is 3. The van der Waals surface area contributed by atoms with Crippen molar-refractivity contribution in [2.24, 2.45) is 0 Å². The molecule has 2 rings (SSSR count). The summed E-state index contributed by atoms with van der Waals surface area (Å²) in [5.74, 6) is 0.215. The molecule has 0 atom stereocenters. The topological polar surface area (TPSA) is 81.1 Å². The third kappa shape index (κ3) is 3.85. The lowest BCUT2D eigenvalue weighted by molar-refractivity contribution is -0.124. The lowest BCUT2D eigenvalue weighted by atomic mass is 9.91. The van der Waals surface area contributed by atoms with Gasteiger partial charge in [0.05, 0.1) is 0 Å². The van der Waals surface area contributed by atoms with E-state index in [4.69, 9.17) is 0 Å². The third-order valence-corrected chi connectivity index (χ3v) is 4.41. The van der Waals surface area contributed by atoms with Gasteiger partial charge in [-0.3, -0.25) is 14.9 Å². The molecule has 1 aromatic rings. The van der Waals surface area contributed by atoms with Gasteiger partial charge in [0.15, 0.2) is 0 Å².